The van der Waals surface area contributed by atoms with Crippen LogP contribution in [0.2, 0.25) is 0 Å². The number of hydrogen-bond acceptors (Lipinski definition) is 2. The SMILES string of the molecule is CC(C)(C)CC(C)(C)N=NN. The van der Waals surface area contributed by atoms with E-state index in [0.29, 0.717) is 0 Å². The molecular weight excluding hydrogens is 138 g/mol. The van der Waals surface area contributed by atoms with Crippen LogP contribution >= 0.6 is 0 Å². The van der Waals surface area contributed by atoms with E-state index in [1.165, 1.54) is 0 Å². The van der Waals surface area contributed by atoms with Gasteiger partial charge in [0.2, 0.25) is 0 Å². The average molecular weight is 157 g/mol. The third-order valence-electron chi connectivity index (χ3n) is 1.29. The second kappa shape index (κ2) is 3.20. The lowest BCUT2D eigenvalue weighted by Gasteiger charge is -2.27. The minimum atomic E-state index is -0.132. The molecule has 0 saturated carbocycles. The molecule has 0 aromatic heterocycles. The van der Waals surface area contributed by atoms with E-state index in [0.717, 1.165) is 6.42 Å². The third kappa shape index (κ3) is 5.83. The summed E-state index contributed by atoms with van der Waals surface area (Å²) in [7, 11) is 0. The van der Waals surface area contributed by atoms with Crippen molar-refractivity contribution in [3.8, 4) is 0 Å². The normalized spacial score (nSPS) is 14.3. The summed E-state index contributed by atoms with van der Waals surface area (Å²) in [6.45, 7) is 10.6. The molecule has 66 valence electrons. The maximum Gasteiger partial charge on any atom is 0.0786 e. The summed E-state index contributed by atoms with van der Waals surface area (Å²) in [6.07, 6.45) is 0.987. The van der Waals surface area contributed by atoms with Gasteiger partial charge < -0.3 is 5.84 Å². The van der Waals surface area contributed by atoms with E-state index in [1.807, 2.05) is 13.8 Å². The van der Waals surface area contributed by atoms with Gasteiger partial charge in [0.15, 0.2) is 0 Å². The standard InChI is InChI=1S/C8H19N3/c1-7(2,3)6-8(4,5)10-11-9/h6H2,1-5H3,(H2,9,10). The van der Waals surface area contributed by atoms with Gasteiger partial charge in [-0.3, -0.25) is 0 Å². The molecule has 0 rings (SSSR count). The third-order valence-corrected chi connectivity index (χ3v) is 1.29. The molecular formula is C8H19N3. The van der Waals surface area contributed by atoms with E-state index in [-0.39, 0.29) is 11.0 Å². The molecule has 0 aliphatic rings. The van der Waals surface area contributed by atoms with Gasteiger partial charge in [0.25, 0.3) is 0 Å². The zero-order valence-corrected chi connectivity index (χ0v) is 8.18. The monoisotopic (exact) mass is 157 g/mol. The molecule has 0 bridgehead atoms. The van der Waals surface area contributed by atoms with Crippen molar-refractivity contribution in [2.45, 2.75) is 46.6 Å². The summed E-state index contributed by atoms with van der Waals surface area (Å²) < 4.78 is 0. The van der Waals surface area contributed by atoms with Crippen molar-refractivity contribution in [1.82, 2.24) is 0 Å². The van der Waals surface area contributed by atoms with Crippen molar-refractivity contribution in [3.05, 3.63) is 0 Å². The number of rotatable bonds is 2. The molecule has 0 fully saturated rings. The molecule has 0 aliphatic heterocycles. The zero-order valence-electron chi connectivity index (χ0n) is 8.18. The zero-order chi connectivity index (χ0) is 9.12. The van der Waals surface area contributed by atoms with Crippen LogP contribution in [0, 0.1) is 5.41 Å². The van der Waals surface area contributed by atoms with Crippen molar-refractivity contribution in [1.29, 1.82) is 0 Å². The Bertz CT molecular complexity index is 142. The van der Waals surface area contributed by atoms with E-state index < -0.39 is 0 Å². The lowest BCUT2D eigenvalue weighted by molar-refractivity contribution is 0.279. The number of hydrogen-bond donors (Lipinski definition) is 1. The molecule has 0 saturated heterocycles. The van der Waals surface area contributed by atoms with Crippen molar-refractivity contribution in [2.75, 3.05) is 0 Å². The molecule has 0 aliphatic carbocycles. The lowest BCUT2D eigenvalue weighted by atomic mass is 9.82. The number of nitrogens with two attached hydrogens (primary N) is 1. The topological polar surface area (TPSA) is 50.7 Å². The summed E-state index contributed by atoms with van der Waals surface area (Å²) >= 11 is 0. The van der Waals surface area contributed by atoms with Crippen LogP contribution in [0.3, 0.4) is 0 Å². The van der Waals surface area contributed by atoms with E-state index in [4.69, 9.17) is 5.84 Å². The van der Waals surface area contributed by atoms with Crippen LogP contribution in [0.4, 0.5) is 0 Å². The quantitative estimate of drug-likeness (QED) is 0.374. The molecule has 0 unspecified atom stereocenters. The highest BCUT2D eigenvalue weighted by molar-refractivity contribution is 4.81. The highest BCUT2D eigenvalue weighted by Crippen LogP contribution is 2.29. The highest BCUT2D eigenvalue weighted by atomic mass is 15.3. The van der Waals surface area contributed by atoms with Crippen molar-refractivity contribution < 1.29 is 0 Å². The maximum absolute atomic E-state index is 4.99. The van der Waals surface area contributed by atoms with E-state index in [9.17, 15) is 0 Å². The molecule has 3 nitrogen and oxygen atoms in total. The first-order valence-corrected chi connectivity index (χ1v) is 3.89. The van der Waals surface area contributed by atoms with Gasteiger partial charge >= 0.3 is 0 Å². The molecule has 3 heteroatoms. The Hall–Kier alpha value is -0.600. The largest absolute Gasteiger partial charge is 0.305 e. The fourth-order valence-corrected chi connectivity index (χ4v) is 1.49. The molecule has 0 aromatic carbocycles. The maximum atomic E-state index is 4.99. The Morgan fingerprint density at radius 2 is 1.55 bits per heavy atom. The Labute approximate surface area is 69.1 Å². The van der Waals surface area contributed by atoms with Crippen LogP contribution < -0.4 is 5.84 Å². The first-order chi connectivity index (χ1) is 4.77. The second-order valence-corrected chi connectivity index (χ2v) is 4.77. The lowest BCUT2D eigenvalue weighted by Crippen LogP contribution is -2.24. The van der Waals surface area contributed by atoms with Crippen LogP contribution in [0.25, 0.3) is 0 Å². The summed E-state index contributed by atoms with van der Waals surface area (Å²) in [5, 5.41) is 7.26. The first kappa shape index (κ1) is 10.4. The fraction of sp³-hybridized carbons (Fsp3) is 1.00. The van der Waals surface area contributed by atoms with Crippen LogP contribution in [0.5, 0.6) is 0 Å². The average Bonchev–Trinajstić information content (AvgIpc) is 1.55. The summed E-state index contributed by atoms with van der Waals surface area (Å²) in [6, 6.07) is 0. The molecule has 2 N–H and O–H groups in total. The Morgan fingerprint density at radius 1 is 1.09 bits per heavy atom. The Balaban J connectivity index is 4.13. The predicted molar refractivity (Wildman–Crippen MR) is 47.2 cm³/mol. The fourth-order valence-electron chi connectivity index (χ4n) is 1.49. The molecule has 0 radical (unpaired) electrons. The van der Waals surface area contributed by atoms with Gasteiger partial charge in [0.1, 0.15) is 0 Å². The highest BCUT2D eigenvalue weighted by Gasteiger charge is 2.24. The van der Waals surface area contributed by atoms with Gasteiger partial charge in [-0.1, -0.05) is 26.0 Å². The molecule has 0 aromatic rings. The van der Waals surface area contributed by atoms with Crippen molar-refractivity contribution in [2.24, 2.45) is 21.6 Å². The minimum absolute atomic E-state index is 0.132. The van der Waals surface area contributed by atoms with Gasteiger partial charge in [0.05, 0.1) is 5.54 Å². The van der Waals surface area contributed by atoms with E-state index in [1.54, 1.807) is 0 Å². The van der Waals surface area contributed by atoms with Crippen molar-refractivity contribution in [3.63, 3.8) is 0 Å². The number of nitrogens with zero attached hydrogens (tertiary/aromatic N) is 2. The van der Waals surface area contributed by atoms with E-state index >= 15 is 0 Å². The van der Waals surface area contributed by atoms with Gasteiger partial charge in [-0.05, 0) is 25.7 Å². The van der Waals surface area contributed by atoms with Gasteiger partial charge in [0, 0.05) is 0 Å². The van der Waals surface area contributed by atoms with Gasteiger partial charge in [-0.25, -0.2) is 0 Å². The van der Waals surface area contributed by atoms with Gasteiger partial charge in [-0.2, -0.15) is 5.11 Å². The molecule has 11 heavy (non-hydrogen) atoms. The summed E-state index contributed by atoms with van der Waals surface area (Å²) in [4.78, 5) is 0. The van der Waals surface area contributed by atoms with Gasteiger partial charge in [-0.15, -0.1) is 0 Å². The van der Waals surface area contributed by atoms with Crippen molar-refractivity contribution >= 4 is 0 Å². The smallest absolute Gasteiger partial charge is 0.0786 e. The minimum Gasteiger partial charge on any atom is -0.305 e. The molecule has 0 amide bonds. The Kier molecular flexibility index (Phi) is 3.02. The first-order valence-electron chi connectivity index (χ1n) is 3.89. The van der Waals surface area contributed by atoms with Crippen LogP contribution in [-0.2, 0) is 0 Å². The predicted octanol–water partition coefficient (Wildman–Crippen LogP) is 2.53. The van der Waals surface area contributed by atoms with E-state index in [2.05, 4.69) is 31.1 Å². The van der Waals surface area contributed by atoms with Crippen LogP contribution in [-0.4, -0.2) is 5.54 Å². The molecule has 0 atom stereocenters. The summed E-state index contributed by atoms with van der Waals surface area (Å²) in [5.41, 5.74) is 0.144. The molecule has 0 spiro atoms. The second-order valence-electron chi connectivity index (χ2n) is 4.77. The molecule has 0 heterocycles. The summed E-state index contributed by atoms with van der Waals surface area (Å²) in [5.74, 6) is 4.99. The Morgan fingerprint density at radius 3 is 1.82 bits per heavy atom. The van der Waals surface area contributed by atoms with Crippen LogP contribution in [0.1, 0.15) is 41.0 Å². The van der Waals surface area contributed by atoms with Crippen LogP contribution in [0.15, 0.2) is 10.3 Å².